The van der Waals surface area contributed by atoms with Gasteiger partial charge in [0.25, 0.3) is 0 Å². The fraction of sp³-hybridized carbons (Fsp3) is 0.320. The van der Waals surface area contributed by atoms with E-state index >= 15 is 0 Å². The Bertz CT molecular complexity index is 1350. The number of nitrogens with one attached hydrogen (secondary N) is 2. The summed E-state index contributed by atoms with van der Waals surface area (Å²) in [4.78, 5) is 13.0. The third-order valence-corrected chi connectivity index (χ3v) is 5.65. The van der Waals surface area contributed by atoms with E-state index in [2.05, 4.69) is 31.7 Å². The third kappa shape index (κ3) is 4.99. The number of ether oxygens (including phenoxy) is 1. The highest BCUT2D eigenvalue weighted by atomic mass is 16.5. The van der Waals surface area contributed by atoms with Crippen molar-refractivity contribution in [2.24, 2.45) is 0 Å². The van der Waals surface area contributed by atoms with Crippen LogP contribution in [0.15, 0.2) is 36.7 Å². The molecule has 10 nitrogen and oxygen atoms in total. The molecule has 3 aromatic rings. The minimum Gasteiger partial charge on any atom is -0.473 e. The van der Waals surface area contributed by atoms with Crippen molar-refractivity contribution in [2.75, 3.05) is 30.4 Å². The van der Waals surface area contributed by atoms with Crippen molar-refractivity contribution in [1.29, 1.82) is 10.5 Å². The maximum Gasteiger partial charge on any atom is 0.237 e. The van der Waals surface area contributed by atoms with Gasteiger partial charge >= 0.3 is 0 Å². The number of fused-ring (bicyclic) bond motifs is 1. The second-order valence-electron chi connectivity index (χ2n) is 9.31. The zero-order valence-electron chi connectivity index (χ0n) is 19.6. The van der Waals surface area contributed by atoms with Crippen LogP contribution in [0.4, 0.5) is 17.3 Å². The summed E-state index contributed by atoms with van der Waals surface area (Å²) in [6, 6.07) is 11.2. The van der Waals surface area contributed by atoms with Crippen molar-refractivity contribution in [3.63, 3.8) is 0 Å². The molecular weight excluding hydrogens is 446 g/mol. The van der Waals surface area contributed by atoms with Gasteiger partial charge in [0.05, 0.1) is 34.7 Å². The van der Waals surface area contributed by atoms with Crippen molar-refractivity contribution in [1.82, 2.24) is 15.0 Å². The zero-order chi connectivity index (χ0) is 25.2. The van der Waals surface area contributed by atoms with E-state index in [0.717, 1.165) is 11.3 Å². The molecule has 1 atom stereocenters. The van der Waals surface area contributed by atoms with E-state index in [9.17, 15) is 20.7 Å². The topological polar surface area (TPSA) is 160 Å². The Balaban J connectivity index is 1.70. The number of rotatable bonds is 7. The highest BCUT2D eigenvalue weighted by Gasteiger charge is 2.36. The maximum atomic E-state index is 9.99. The first-order valence-electron chi connectivity index (χ1n) is 10.9. The van der Waals surface area contributed by atoms with E-state index in [1.165, 1.54) is 6.20 Å². The Morgan fingerprint density at radius 1 is 1.23 bits per heavy atom. The van der Waals surface area contributed by atoms with Crippen LogP contribution in [-0.2, 0) is 5.41 Å². The van der Waals surface area contributed by atoms with Crippen molar-refractivity contribution in [2.45, 2.75) is 31.8 Å². The summed E-state index contributed by atoms with van der Waals surface area (Å²) in [6.45, 7) is 5.62. The molecule has 0 saturated heterocycles. The number of benzene rings is 1. The molecule has 4 N–H and O–H groups in total. The molecule has 3 heterocycles. The van der Waals surface area contributed by atoms with Crippen LogP contribution in [0.25, 0.3) is 11.3 Å². The van der Waals surface area contributed by atoms with Gasteiger partial charge in [-0.05, 0) is 43.7 Å². The Hall–Kier alpha value is -4.25. The first-order valence-corrected chi connectivity index (χ1v) is 10.9. The molecule has 0 spiro atoms. The van der Waals surface area contributed by atoms with E-state index in [0.29, 0.717) is 34.6 Å². The van der Waals surface area contributed by atoms with Crippen LogP contribution in [0.2, 0.25) is 0 Å². The van der Waals surface area contributed by atoms with Gasteiger partial charge in [-0.2, -0.15) is 10.5 Å². The van der Waals surface area contributed by atoms with Crippen molar-refractivity contribution < 1.29 is 14.9 Å². The lowest BCUT2D eigenvalue weighted by molar-refractivity contribution is 0.0271. The number of hydrogen-bond donors (Lipinski definition) is 4. The first kappa shape index (κ1) is 23.9. The van der Waals surface area contributed by atoms with Gasteiger partial charge in [-0.1, -0.05) is 6.92 Å². The summed E-state index contributed by atoms with van der Waals surface area (Å²) in [5.41, 5.74) is 2.42. The normalized spacial score (nSPS) is 16.5. The predicted molar refractivity (Wildman–Crippen MR) is 129 cm³/mol. The van der Waals surface area contributed by atoms with Gasteiger partial charge in [-0.15, -0.1) is 0 Å². The number of nitrogens with zero attached hydrogens (tertiary/aromatic N) is 5. The van der Waals surface area contributed by atoms with Crippen molar-refractivity contribution in [3.8, 4) is 29.3 Å². The second-order valence-corrected chi connectivity index (χ2v) is 9.31. The van der Waals surface area contributed by atoms with Gasteiger partial charge in [-0.25, -0.2) is 15.0 Å². The van der Waals surface area contributed by atoms with Gasteiger partial charge in [0.1, 0.15) is 24.4 Å². The predicted octanol–water partition coefficient (Wildman–Crippen LogP) is 2.85. The van der Waals surface area contributed by atoms with Gasteiger partial charge in [0, 0.05) is 29.9 Å². The molecule has 0 radical (unpaired) electrons. The van der Waals surface area contributed by atoms with E-state index in [-0.39, 0.29) is 25.0 Å². The molecule has 2 aromatic heterocycles. The van der Waals surface area contributed by atoms with Crippen LogP contribution in [0.1, 0.15) is 37.5 Å². The van der Waals surface area contributed by atoms with Crippen LogP contribution in [0.5, 0.6) is 5.88 Å². The largest absolute Gasteiger partial charge is 0.473 e. The Labute approximate surface area is 202 Å². The number of hydrogen-bond acceptors (Lipinski definition) is 10. The molecule has 0 unspecified atom stereocenters. The lowest BCUT2D eigenvalue weighted by Gasteiger charge is -2.21. The standard InChI is InChI=1S/C25H25N7O3/c1-24(2,34)14-35-22-20(6-15(9-26)11-29-22)32-23-28-5-4-19(31-23)16-7-17(10-27)21-18(8-16)25(3,13-33)12-30-21/h4-8,11,30,33-34H,12-14H2,1-3H3,(H,28,31,32)/t25-/m1/s1. The number of aliphatic hydroxyl groups excluding tert-OH is 1. The minimum absolute atomic E-state index is 0.00873. The average Bonchev–Trinajstić information content (AvgIpc) is 3.19. The lowest BCUT2D eigenvalue weighted by Crippen LogP contribution is -2.28. The smallest absolute Gasteiger partial charge is 0.237 e. The van der Waals surface area contributed by atoms with E-state index in [1.807, 2.05) is 19.1 Å². The Morgan fingerprint density at radius 2 is 2.03 bits per heavy atom. The highest BCUT2D eigenvalue weighted by Crippen LogP contribution is 2.41. The number of pyridine rings is 1. The molecule has 0 bridgehead atoms. The van der Waals surface area contributed by atoms with Gasteiger partial charge in [0.15, 0.2) is 0 Å². The summed E-state index contributed by atoms with van der Waals surface area (Å²) in [5.74, 6) is 0.420. The fourth-order valence-corrected chi connectivity index (χ4v) is 3.73. The SMILES string of the molecule is CC(C)(O)COc1ncc(C#N)cc1Nc1nccc(-c2cc(C#N)c3c(c2)[C@@](C)(CO)CN3)n1. The van der Waals surface area contributed by atoms with Crippen LogP contribution in [0.3, 0.4) is 0 Å². The zero-order valence-corrected chi connectivity index (χ0v) is 19.6. The molecule has 178 valence electrons. The fourth-order valence-electron chi connectivity index (χ4n) is 3.73. The number of anilines is 3. The van der Waals surface area contributed by atoms with Crippen LogP contribution in [0, 0.1) is 22.7 Å². The van der Waals surface area contributed by atoms with Crippen molar-refractivity contribution >= 4 is 17.3 Å². The van der Waals surface area contributed by atoms with Gasteiger partial charge in [-0.3, -0.25) is 0 Å². The summed E-state index contributed by atoms with van der Waals surface area (Å²) in [6.07, 6.45) is 2.95. The van der Waals surface area contributed by atoms with Gasteiger partial charge in [0.2, 0.25) is 11.8 Å². The highest BCUT2D eigenvalue weighted by molar-refractivity contribution is 5.76. The average molecular weight is 472 g/mol. The Kier molecular flexibility index (Phi) is 6.27. The molecule has 35 heavy (non-hydrogen) atoms. The van der Waals surface area contributed by atoms with Crippen molar-refractivity contribution in [3.05, 3.63) is 53.3 Å². The minimum atomic E-state index is -1.08. The van der Waals surface area contributed by atoms with E-state index in [4.69, 9.17) is 4.74 Å². The second kappa shape index (κ2) is 9.18. The molecule has 1 aliphatic heterocycles. The number of aromatic nitrogens is 3. The molecule has 1 aliphatic rings. The number of nitriles is 2. The third-order valence-electron chi connectivity index (χ3n) is 5.65. The molecule has 0 saturated carbocycles. The van der Waals surface area contributed by atoms with Gasteiger partial charge < -0.3 is 25.6 Å². The molecule has 0 aliphatic carbocycles. The van der Waals surface area contributed by atoms with Crippen LogP contribution in [-0.4, -0.2) is 50.5 Å². The summed E-state index contributed by atoms with van der Waals surface area (Å²) in [7, 11) is 0. The first-order chi connectivity index (χ1) is 16.7. The quantitative estimate of drug-likeness (QED) is 0.403. The number of aliphatic hydroxyl groups is 2. The summed E-state index contributed by atoms with van der Waals surface area (Å²) < 4.78 is 5.65. The van der Waals surface area contributed by atoms with Crippen LogP contribution >= 0.6 is 0 Å². The lowest BCUT2D eigenvalue weighted by atomic mass is 9.83. The monoisotopic (exact) mass is 471 g/mol. The molecule has 1 aromatic carbocycles. The maximum absolute atomic E-state index is 9.99. The molecule has 0 amide bonds. The Morgan fingerprint density at radius 3 is 2.71 bits per heavy atom. The molecule has 4 rings (SSSR count). The summed E-state index contributed by atoms with van der Waals surface area (Å²) in [5, 5.41) is 45.2. The molecular formula is C25H25N7O3. The van der Waals surface area contributed by atoms with E-state index < -0.39 is 11.0 Å². The van der Waals surface area contributed by atoms with E-state index in [1.54, 1.807) is 38.2 Å². The molecule has 0 fully saturated rings. The van der Waals surface area contributed by atoms with Crippen LogP contribution < -0.4 is 15.4 Å². The summed E-state index contributed by atoms with van der Waals surface area (Å²) >= 11 is 0. The molecule has 10 heteroatoms.